The molecule has 2 N–H and O–H groups in total. The van der Waals surface area contributed by atoms with Crippen molar-refractivity contribution in [2.75, 3.05) is 13.1 Å². The normalized spacial score (nSPS) is 15.9. The van der Waals surface area contributed by atoms with E-state index in [1.165, 1.54) is 42.5 Å². The Kier molecular flexibility index (Phi) is 12.4. The highest BCUT2D eigenvalue weighted by Gasteiger charge is 2.32. The molecule has 0 bridgehead atoms. The molecule has 16 heteroatoms. The molecule has 2 unspecified atom stereocenters. The first-order chi connectivity index (χ1) is 21.7. The predicted octanol–water partition coefficient (Wildman–Crippen LogP) is 3.93. The van der Waals surface area contributed by atoms with Crippen molar-refractivity contribution in [1.29, 1.82) is 0 Å². The maximum absolute atomic E-state index is 13.2. The fourth-order valence-corrected chi connectivity index (χ4v) is 4.00. The first-order valence-electron chi connectivity index (χ1n) is 14.2. The molecule has 2 atom stereocenters. The second-order valence-electron chi connectivity index (χ2n) is 10.9. The van der Waals surface area contributed by atoms with Gasteiger partial charge in [-0.15, -0.1) is 0 Å². The lowest BCUT2D eigenvalue weighted by Gasteiger charge is -2.29. The first-order valence-corrected chi connectivity index (χ1v) is 14.2. The number of benzene rings is 2. The average molecular weight is 646 g/mol. The Bertz CT molecular complexity index is 1440. The number of non-ortho nitro benzene ring substituents is 1. The Balaban J connectivity index is 1.68. The van der Waals surface area contributed by atoms with Gasteiger partial charge < -0.3 is 39.1 Å². The second-order valence-corrected chi connectivity index (χ2v) is 10.9. The molecular formula is C30H35N3O13. The van der Waals surface area contributed by atoms with Gasteiger partial charge in [0.15, 0.2) is 6.10 Å². The number of rotatable bonds is 11. The number of ether oxygens (including phenoxy) is 6. The van der Waals surface area contributed by atoms with Crippen LogP contribution in [0.5, 0.6) is 11.5 Å². The van der Waals surface area contributed by atoms with E-state index in [2.05, 4.69) is 15.4 Å². The van der Waals surface area contributed by atoms with Gasteiger partial charge in [-0.3, -0.25) is 19.7 Å². The molecule has 3 rings (SSSR count). The summed E-state index contributed by atoms with van der Waals surface area (Å²) in [7, 11) is 0. The molecule has 2 aromatic carbocycles. The third-order valence-corrected chi connectivity index (χ3v) is 5.96. The number of carbonyl (C=O) groups excluding carboxylic acids is 5. The smallest absolute Gasteiger partial charge is 0.464 e. The number of hydrogen-bond acceptors (Lipinski definition) is 13. The first kappa shape index (κ1) is 35.2. The number of nitrogens with zero attached hydrogens (tertiary/aromatic N) is 1. The zero-order chi connectivity index (χ0) is 33.9. The minimum atomic E-state index is -1.09. The van der Waals surface area contributed by atoms with E-state index >= 15 is 0 Å². The summed E-state index contributed by atoms with van der Waals surface area (Å²) in [6.07, 6.45) is -2.51. The molecule has 1 heterocycles. The molecule has 1 fully saturated rings. The SMILES string of the molecule is CC(=O)OC(=O)C1CCCC(Oc2ccc(COC(=O)Oc3ccc([N+](=O)[O-])cc3)cc2C(=O)NCCNC(=O)OC(C)(C)C)O1. The summed E-state index contributed by atoms with van der Waals surface area (Å²) >= 11 is 0. The van der Waals surface area contributed by atoms with Crippen LogP contribution in [0.2, 0.25) is 0 Å². The number of nitro groups is 1. The summed E-state index contributed by atoms with van der Waals surface area (Å²) in [6.45, 7) is 6.01. The maximum atomic E-state index is 13.2. The number of nitro benzene ring substituents is 1. The van der Waals surface area contributed by atoms with Crippen LogP contribution in [-0.4, -0.2) is 66.1 Å². The Morgan fingerprint density at radius 2 is 1.70 bits per heavy atom. The molecule has 0 spiro atoms. The maximum Gasteiger partial charge on any atom is 0.514 e. The summed E-state index contributed by atoms with van der Waals surface area (Å²) in [5.74, 6) is -2.10. The van der Waals surface area contributed by atoms with E-state index in [-0.39, 0.29) is 42.4 Å². The molecule has 0 saturated carbocycles. The van der Waals surface area contributed by atoms with Gasteiger partial charge in [0.05, 0.1) is 10.5 Å². The van der Waals surface area contributed by atoms with Gasteiger partial charge in [0.25, 0.3) is 11.6 Å². The van der Waals surface area contributed by atoms with Gasteiger partial charge in [0.2, 0.25) is 6.29 Å². The number of amides is 2. The zero-order valence-electron chi connectivity index (χ0n) is 25.7. The summed E-state index contributed by atoms with van der Waals surface area (Å²) in [5, 5.41) is 16.0. The van der Waals surface area contributed by atoms with Crippen LogP contribution in [0.3, 0.4) is 0 Å². The van der Waals surface area contributed by atoms with Gasteiger partial charge in [-0.25, -0.2) is 14.4 Å². The quantitative estimate of drug-likeness (QED) is 0.0676. The monoisotopic (exact) mass is 645 g/mol. The zero-order valence-corrected chi connectivity index (χ0v) is 25.7. The largest absolute Gasteiger partial charge is 0.514 e. The Labute approximate surface area is 263 Å². The van der Waals surface area contributed by atoms with E-state index < -0.39 is 53.0 Å². The number of carbonyl (C=O) groups is 5. The van der Waals surface area contributed by atoms with E-state index in [0.717, 1.165) is 6.92 Å². The van der Waals surface area contributed by atoms with Gasteiger partial charge in [0.1, 0.15) is 23.7 Å². The Morgan fingerprint density at radius 3 is 2.35 bits per heavy atom. The van der Waals surface area contributed by atoms with Gasteiger partial charge >= 0.3 is 24.2 Å². The highest BCUT2D eigenvalue weighted by molar-refractivity contribution is 5.97. The molecule has 2 aromatic rings. The molecule has 248 valence electrons. The van der Waals surface area contributed by atoms with E-state index in [9.17, 15) is 34.1 Å². The lowest BCUT2D eigenvalue weighted by Crippen LogP contribution is -2.39. The summed E-state index contributed by atoms with van der Waals surface area (Å²) < 4.78 is 31.6. The van der Waals surface area contributed by atoms with Gasteiger partial charge in [-0.1, -0.05) is 6.07 Å². The second kappa shape index (κ2) is 16.2. The summed E-state index contributed by atoms with van der Waals surface area (Å²) in [4.78, 5) is 70.9. The molecule has 1 aliphatic rings. The van der Waals surface area contributed by atoms with E-state index in [4.69, 9.17) is 23.7 Å². The van der Waals surface area contributed by atoms with Crippen molar-refractivity contribution >= 4 is 35.8 Å². The summed E-state index contributed by atoms with van der Waals surface area (Å²) in [5.41, 5.74) is -0.476. The number of esters is 2. The van der Waals surface area contributed by atoms with E-state index in [1.807, 2.05) is 0 Å². The fraction of sp³-hybridized carbons (Fsp3) is 0.433. The van der Waals surface area contributed by atoms with Gasteiger partial charge in [0, 0.05) is 38.6 Å². The van der Waals surface area contributed by atoms with Crippen LogP contribution in [0.25, 0.3) is 0 Å². The van der Waals surface area contributed by atoms with Crippen LogP contribution < -0.4 is 20.1 Å². The Morgan fingerprint density at radius 1 is 1.00 bits per heavy atom. The van der Waals surface area contributed by atoms with E-state index in [0.29, 0.717) is 24.8 Å². The lowest BCUT2D eigenvalue weighted by molar-refractivity contribution is -0.384. The van der Waals surface area contributed by atoms with Crippen molar-refractivity contribution in [3.8, 4) is 11.5 Å². The highest BCUT2D eigenvalue weighted by Crippen LogP contribution is 2.27. The van der Waals surface area contributed by atoms with Crippen LogP contribution >= 0.6 is 0 Å². The minimum absolute atomic E-state index is 0.0253. The predicted molar refractivity (Wildman–Crippen MR) is 157 cm³/mol. The average Bonchev–Trinajstić information content (AvgIpc) is 2.98. The summed E-state index contributed by atoms with van der Waals surface area (Å²) in [6, 6.07) is 9.20. The van der Waals surface area contributed by atoms with Crippen LogP contribution in [0.1, 0.15) is 62.9 Å². The highest BCUT2D eigenvalue weighted by atomic mass is 16.7. The molecule has 1 aliphatic heterocycles. The van der Waals surface area contributed by atoms with Crippen molar-refractivity contribution in [2.45, 2.75) is 71.6 Å². The van der Waals surface area contributed by atoms with Crippen molar-refractivity contribution in [3.63, 3.8) is 0 Å². The number of alkyl carbamates (subject to hydrolysis) is 1. The van der Waals surface area contributed by atoms with Crippen molar-refractivity contribution in [2.24, 2.45) is 0 Å². The molecule has 16 nitrogen and oxygen atoms in total. The van der Waals surface area contributed by atoms with Crippen molar-refractivity contribution < 1.29 is 57.3 Å². The van der Waals surface area contributed by atoms with E-state index in [1.54, 1.807) is 20.8 Å². The van der Waals surface area contributed by atoms with Gasteiger partial charge in [-0.05, 0) is 63.4 Å². The Hall–Kier alpha value is -5.25. The molecule has 2 amide bonds. The standard InChI is InChI=1S/C30H35N3O13/c1-18(34)42-27(36)24-6-5-7-25(45-24)44-23-13-8-19(17-41-29(38)43-21-11-9-20(10-12-21)33(39)40)16-22(23)26(35)31-14-15-32-28(37)46-30(2,3)4/h8-13,16,24-25H,5-7,14-15,17H2,1-4H3,(H,31,35)(H,32,37). The van der Waals surface area contributed by atoms with Crippen molar-refractivity contribution in [1.82, 2.24) is 10.6 Å². The fourth-order valence-electron chi connectivity index (χ4n) is 4.00. The molecule has 1 saturated heterocycles. The molecule has 46 heavy (non-hydrogen) atoms. The molecule has 0 aliphatic carbocycles. The number of hydrogen-bond donors (Lipinski definition) is 2. The third-order valence-electron chi connectivity index (χ3n) is 5.96. The van der Waals surface area contributed by atoms with Crippen LogP contribution in [-0.2, 0) is 35.1 Å². The van der Waals surface area contributed by atoms with Crippen molar-refractivity contribution in [3.05, 3.63) is 63.7 Å². The molecule has 0 radical (unpaired) electrons. The van der Waals surface area contributed by atoms with Crippen LogP contribution in [0.15, 0.2) is 42.5 Å². The lowest BCUT2D eigenvalue weighted by atomic mass is 10.1. The topological polar surface area (TPSA) is 208 Å². The van der Waals surface area contributed by atoms with Gasteiger partial charge in [-0.2, -0.15) is 0 Å². The van der Waals surface area contributed by atoms with Crippen LogP contribution in [0, 0.1) is 10.1 Å². The minimum Gasteiger partial charge on any atom is -0.464 e. The molecular weight excluding hydrogens is 610 g/mol. The number of nitrogens with one attached hydrogen (secondary N) is 2. The van der Waals surface area contributed by atoms with Crippen LogP contribution in [0.4, 0.5) is 15.3 Å². The third kappa shape index (κ3) is 11.7. The molecule has 0 aromatic heterocycles.